The number of esters is 1. The van der Waals surface area contributed by atoms with Crippen molar-refractivity contribution in [3.05, 3.63) is 48.0 Å². The number of ether oxygens (including phenoxy) is 1. The van der Waals surface area contributed by atoms with Gasteiger partial charge in [-0.2, -0.15) is 0 Å². The number of carbonyl (C=O) groups is 2. The Hall–Kier alpha value is -1.02. The first-order chi connectivity index (χ1) is 12.0. The third-order valence-electron chi connectivity index (χ3n) is 4.82. The fourth-order valence-corrected chi connectivity index (χ4v) is 4.66. The summed E-state index contributed by atoms with van der Waals surface area (Å²) in [5.74, 6) is -0.0119. The van der Waals surface area contributed by atoms with E-state index in [0.717, 1.165) is 12.0 Å². The van der Waals surface area contributed by atoms with E-state index in [4.69, 9.17) is 16.8 Å². The fourth-order valence-electron chi connectivity index (χ4n) is 3.65. The summed E-state index contributed by atoms with van der Waals surface area (Å²) >= 11 is 0. The fraction of sp³-hybridized carbons (Fsp3) is 0.444. The molecule has 0 N–H and O–H groups in total. The molecule has 0 bridgehead atoms. The number of carbonyl (C=O) groups excluding carboxylic acids is 2. The smallest absolute Gasteiger partial charge is 0.306 e. The lowest BCUT2D eigenvalue weighted by Gasteiger charge is -2.22. The lowest BCUT2D eigenvalue weighted by atomic mass is 9.91. The number of allylic oxidation sites excluding steroid dienone is 1. The van der Waals surface area contributed by atoms with Crippen LogP contribution in [0.3, 0.4) is 0 Å². The molecule has 4 nitrogen and oxygen atoms in total. The predicted molar refractivity (Wildman–Crippen MR) is 102 cm³/mol. The SMILES string of the molecule is [B]P(P)O[C@@H]1CC2OC(=O)C[C@@H]2C1/C=C/C(=O)CCc1ccccc1. The molecule has 6 atom stereocenters. The molecule has 3 rings (SSSR count). The van der Waals surface area contributed by atoms with Gasteiger partial charge < -0.3 is 9.26 Å². The van der Waals surface area contributed by atoms with Crippen molar-refractivity contribution in [2.24, 2.45) is 11.8 Å². The third-order valence-corrected chi connectivity index (χ3v) is 5.69. The molecular weight excluding hydrogens is 353 g/mol. The molecule has 1 aromatic carbocycles. The minimum atomic E-state index is -1.07. The maximum absolute atomic E-state index is 12.2. The van der Waals surface area contributed by atoms with Crippen LogP contribution in [0.1, 0.15) is 24.8 Å². The van der Waals surface area contributed by atoms with Crippen molar-refractivity contribution in [3.8, 4) is 0 Å². The van der Waals surface area contributed by atoms with Crippen molar-refractivity contribution in [2.45, 2.75) is 37.9 Å². The minimum Gasteiger partial charge on any atom is -0.462 e. The molecule has 1 aliphatic heterocycles. The number of hydrogen-bond acceptors (Lipinski definition) is 4. The molecule has 1 saturated carbocycles. The normalized spacial score (nSPS) is 29.6. The highest BCUT2D eigenvalue weighted by atomic mass is 32.0. The Morgan fingerprint density at radius 3 is 2.88 bits per heavy atom. The Kier molecular flexibility index (Phi) is 6.44. The molecule has 0 amide bonds. The Balaban J connectivity index is 1.60. The van der Waals surface area contributed by atoms with E-state index in [1.807, 2.05) is 36.4 Å². The van der Waals surface area contributed by atoms with E-state index in [0.29, 0.717) is 19.3 Å². The van der Waals surface area contributed by atoms with Crippen molar-refractivity contribution in [1.29, 1.82) is 0 Å². The van der Waals surface area contributed by atoms with E-state index >= 15 is 0 Å². The number of aryl methyl sites for hydroxylation is 1. The van der Waals surface area contributed by atoms with Gasteiger partial charge in [-0.25, -0.2) is 0 Å². The molecule has 1 aromatic rings. The average molecular weight is 374 g/mol. The van der Waals surface area contributed by atoms with Gasteiger partial charge in [0, 0.05) is 24.7 Å². The van der Waals surface area contributed by atoms with E-state index in [1.54, 1.807) is 6.08 Å². The van der Waals surface area contributed by atoms with Gasteiger partial charge in [-0.1, -0.05) is 45.3 Å². The van der Waals surface area contributed by atoms with Crippen molar-refractivity contribution in [2.75, 3.05) is 0 Å². The van der Waals surface area contributed by atoms with E-state index in [-0.39, 0.29) is 35.8 Å². The number of ketones is 1. The van der Waals surface area contributed by atoms with E-state index in [2.05, 4.69) is 8.93 Å². The second kappa shape index (κ2) is 8.58. The third kappa shape index (κ3) is 5.00. The van der Waals surface area contributed by atoms with E-state index in [9.17, 15) is 9.59 Å². The molecule has 2 radical (unpaired) electrons. The highest BCUT2D eigenvalue weighted by molar-refractivity contribution is 8.23. The second-order valence-corrected chi connectivity index (χ2v) is 8.98. The van der Waals surface area contributed by atoms with Gasteiger partial charge in [-0.05, 0) is 25.8 Å². The first-order valence-electron chi connectivity index (χ1n) is 8.43. The van der Waals surface area contributed by atoms with Crippen LogP contribution in [0.5, 0.6) is 0 Å². The molecule has 1 aliphatic carbocycles. The molecule has 4 unspecified atom stereocenters. The van der Waals surface area contributed by atoms with Crippen molar-refractivity contribution in [3.63, 3.8) is 0 Å². The lowest BCUT2D eigenvalue weighted by Crippen LogP contribution is -2.19. The largest absolute Gasteiger partial charge is 0.462 e. The van der Waals surface area contributed by atoms with Gasteiger partial charge in [-0.3, -0.25) is 9.59 Å². The molecule has 2 fully saturated rings. The van der Waals surface area contributed by atoms with Crippen LogP contribution in [0.2, 0.25) is 0 Å². The van der Waals surface area contributed by atoms with Crippen LogP contribution in [0.4, 0.5) is 0 Å². The summed E-state index contributed by atoms with van der Waals surface area (Å²) in [7, 11) is 7.19. The van der Waals surface area contributed by atoms with Crippen LogP contribution in [0.15, 0.2) is 42.5 Å². The summed E-state index contributed by atoms with van der Waals surface area (Å²) in [5, 5.41) is 0. The highest BCUT2D eigenvalue weighted by Crippen LogP contribution is 2.50. The number of hydrogen-bond donors (Lipinski definition) is 0. The Morgan fingerprint density at radius 2 is 2.16 bits per heavy atom. The van der Waals surface area contributed by atoms with E-state index < -0.39 is 7.72 Å². The Morgan fingerprint density at radius 1 is 1.40 bits per heavy atom. The second-order valence-electron chi connectivity index (χ2n) is 6.52. The molecule has 2 aliphatic rings. The van der Waals surface area contributed by atoms with Gasteiger partial charge in [0.15, 0.2) is 13.3 Å². The van der Waals surface area contributed by atoms with Gasteiger partial charge in [0.25, 0.3) is 0 Å². The van der Waals surface area contributed by atoms with Crippen LogP contribution in [0.25, 0.3) is 0 Å². The average Bonchev–Trinajstić information content (AvgIpc) is 3.07. The van der Waals surface area contributed by atoms with Crippen LogP contribution < -0.4 is 0 Å². The summed E-state index contributed by atoms with van der Waals surface area (Å²) in [6, 6.07) is 9.95. The number of rotatable bonds is 7. The van der Waals surface area contributed by atoms with Crippen LogP contribution in [0, 0.1) is 11.8 Å². The minimum absolute atomic E-state index is 0.00812. The molecule has 0 aromatic heterocycles. The molecule has 0 spiro atoms. The summed E-state index contributed by atoms with van der Waals surface area (Å²) in [4.78, 5) is 23.8. The first kappa shape index (κ1) is 18.8. The van der Waals surface area contributed by atoms with Gasteiger partial charge in [0.1, 0.15) is 6.10 Å². The zero-order chi connectivity index (χ0) is 17.8. The van der Waals surface area contributed by atoms with Gasteiger partial charge in [-0.15, -0.1) is 0 Å². The molecule has 7 heteroatoms. The molecule has 1 saturated heterocycles. The summed E-state index contributed by atoms with van der Waals surface area (Å²) < 4.78 is 11.2. The van der Waals surface area contributed by atoms with Crippen molar-refractivity contribution >= 4 is 36.0 Å². The molecule has 1 heterocycles. The van der Waals surface area contributed by atoms with Crippen molar-refractivity contribution < 1.29 is 18.8 Å². The Labute approximate surface area is 153 Å². The topological polar surface area (TPSA) is 52.6 Å². The highest BCUT2D eigenvalue weighted by Gasteiger charge is 2.49. The number of benzene rings is 1. The molecule has 25 heavy (non-hydrogen) atoms. The summed E-state index contributed by atoms with van der Waals surface area (Å²) in [6.07, 6.45) is 5.54. The first-order valence-corrected chi connectivity index (χ1v) is 11.4. The maximum Gasteiger partial charge on any atom is 0.306 e. The van der Waals surface area contributed by atoms with Gasteiger partial charge in [0.05, 0.1) is 12.5 Å². The van der Waals surface area contributed by atoms with Gasteiger partial charge in [0.2, 0.25) is 0 Å². The zero-order valence-electron chi connectivity index (χ0n) is 13.9. The quantitative estimate of drug-likeness (QED) is 0.318. The number of fused-ring (bicyclic) bond motifs is 1. The monoisotopic (exact) mass is 374 g/mol. The molecule has 130 valence electrons. The lowest BCUT2D eigenvalue weighted by molar-refractivity contribution is -0.141. The van der Waals surface area contributed by atoms with E-state index in [1.165, 1.54) is 0 Å². The van der Waals surface area contributed by atoms with Gasteiger partial charge >= 0.3 is 5.97 Å². The zero-order valence-corrected chi connectivity index (χ0v) is 16.0. The van der Waals surface area contributed by atoms with Crippen LogP contribution in [-0.4, -0.2) is 31.5 Å². The Bertz CT molecular complexity index is 650. The van der Waals surface area contributed by atoms with Crippen LogP contribution >= 0.6 is 16.6 Å². The summed E-state index contributed by atoms with van der Waals surface area (Å²) in [5.41, 5.74) is 1.15. The standard InChI is InChI=1S/C18H21BO4P2/c19-25(24)23-17-11-16-15(10-18(21)22-16)14(17)9-8-13(20)7-6-12-4-2-1-3-5-12/h1-5,8-9,14-17H,6-7,10-11,24H2/b9-8+/t14?,15-,16?,17-,25?/m1/s1. The molecular formula is C18H21BO4P2. The van der Waals surface area contributed by atoms with Crippen molar-refractivity contribution in [1.82, 2.24) is 0 Å². The maximum atomic E-state index is 12.2. The summed E-state index contributed by atoms with van der Waals surface area (Å²) in [6.45, 7) is 0. The predicted octanol–water partition coefficient (Wildman–Crippen LogP) is 3.35. The van der Waals surface area contributed by atoms with Crippen LogP contribution in [-0.2, 0) is 25.3 Å².